The van der Waals surface area contributed by atoms with Crippen LogP contribution in [-0.2, 0) is 4.74 Å². The largest absolute Gasteiger partial charge is 0.401 e. The van der Waals surface area contributed by atoms with Gasteiger partial charge in [-0.1, -0.05) is 0 Å². The molecule has 1 aliphatic rings. The summed E-state index contributed by atoms with van der Waals surface area (Å²) < 4.78 is 40.5. The molecule has 0 spiro atoms. The molecule has 1 aliphatic heterocycles. The Balaban J connectivity index is 2.28. The van der Waals surface area contributed by atoms with E-state index >= 15 is 0 Å². The first-order valence-electron chi connectivity index (χ1n) is 3.83. The second-order valence-corrected chi connectivity index (χ2v) is 3.00. The first-order valence-corrected chi connectivity index (χ1v) is 3.83. The van der Waals surface area contributed by atoms with E-state index in [0.29, 0.717) is 19.5 Å². The normalized spacial score (nSPS) is 26.5. The van der Waals surface area contributed by atoms with Crippen LogP contribution < -0.4 is 0 Å². The maximum atomic E-state index is 11.9. The molecule has 72 valence electrons. The Morgan fingerprint density at radius 1 is 1.50 bits per heavy atom. The number of alkyl halides is 3. The molecule has 1 fully saturated rings. The Bertz CT molecular complexity index is 148. The highest BCUT2D eigenvalue weighted by molar-refractivity contribution is 4.77. The Morgan fingerprint density at radius 3 is 2.58 bits per heavy atom. The third-order valence-electron chi connectivity index (χ3n) is 1.97. The molecule has 0 bridgehead atoms. The molecule has 5 heteroatoms. The van der Waals surface area contributed by atoms with Crippen molar-refractivity contribution >= 4 is 0 Å². The maximum Gasteiger partial charge on any atom is 0.401 e. The molecule has 0 aromatic heterocycles. The quantitative estimate of drug-likeness (QED) is 0.639. The SMILES string of the molecule is COC1CCN(CC(F)(F)F)C1. The average Bonchev–Trinajstić information content (AvgIpc) is 2.32. The number of rotatable bonds is 2. The summed E-state index contributed by atoms with van der Waals surface area (Å²) in [5.41, 5.74) is 0. The molecule has 0 N–H and O–H groups in total. The number of ether oxygens (including phenoxy) is 1. The van der Waals surface area contributed by atoms with E-state index in [-0.39, 0.29) is 6.10 Å². The van der Waals surface area contributed by atoms with Gasteiger partial charge < -0.3 is 4.74 Å². The summed E-state index contributed by atoms with van der Waals surface area (Å²) in [6.45, 7) is 0.0703. The van der Waals surface area contributed by atoms with E-state index in [0.717, 1.165) is 0 Å². The van der Waals surface area contributed by atoms with Gasteiger partial charge in [0.2, 0.25) is 0 Å². The molecular formula is C7H12F3NO. The number of methoxy groups -OCH3 is 1. The Morgan fingerprint density at radius 2 is 2.17 bits per heavy atom. The van der Waals surface area contributed by atoms with Crippen molar-refractivity contribution in [3.05, 3.63) is 0 Å². The Kier molecular flexibility index (Phi) is 2.95. The predicted molar refractivity (Wildman–Crippen MR) is 37.9 cm³/mol. The van der Waals surface area contributed by atoms with Crippen molar-refractivity contribution in [1.82, 2.24) is 4.90 Å². The van der Waals surface area contributed by atoms with Gasteiger partial charge in [-0.05, 0) is 6.42 Å². The van der Waals surface area contributed by atoms with Crippen molar-refractivity contribution in [2.75, 3.05) is 26.7 Å². The third kappa shape index (κ3) is 2.98. The molecule has 0 aromatic rings. The first-order chi connectivity index (χ1) is 5.51. The fourth-order valence-electron chi connectivity index (χ4n) is 1.39. The van der Waals surface area contributed by atoms with Crippen molar-refractivity contribution in [3.8, 4) is 0 Å². The van der Waals surface area contributed by atoms with E-state index in [1.807, 2.05) is 0 Å². The van der Waals surface area contributed by atoms with Crippen molar-refractivity contribution in [2.24, 2.45) is 0 Å². The minimum Gasteiger partial charge on any atom is -0.380 e. The monoisotopic (exact) mass is 183 g/mol. The second-order valence-electron chi connectivity index (χ2n) is 3.00. The van der Waals surface area contributed by atoms with Crippen LogP contribution in [0.3, 0.4) is 0 Å². The number of halogens is 3. The summed E-state index contributed by atoms with van der Waals surface area (Å²) in [6.07, 6.45) is -3.40. The number of hydrogen-bond acceptors (Lipinski definition) is 2. The summed E-state index contributed by atoms with van der Waals surface area (Å²) in [4.78, 5) is 1.37. The van der Waals surface area contributed by atoms with Crippen LogP contribution in [0, 0.1) is 0 Å². The van der Waals surface area contributed by atoms with Gasteiger partial charge in [-0.25, -0.2) is 0 Å². The van der Waals surface area contributed by atoms with E-state index in [4.69, 9.17) is 4.74 Å². The molecule has 12 heavy (non-hydrogen) atoms. The molecule has 2 nitrogen and oxygen atoms in total. The topological polar surface area (TPSA) is 12.5 Å². The number of nitrogens with zero attached hydrogens (tertiary/aromatic N) is 1. The van der Waals surface area contributed by atoms with Crippen LogP contribution in [-0.4, -0.2) is 43.9 Å². The smallest absolute Gasteiger partial charge is 0.380 e. The van der Waals surface area contributed by atoms with E-state index < -0.39 is 12.7 Å². The highest BCUT2D eigenvalue weighted by atomic mass is 19.4. The second kappa shape index (κ2) is 3.62. The van der Waals surface area contributed by atoms with Crippen LogP contribution in [0.1, 0.15) is 6.42 Å². The van der Waals surface area contributed by atoms with E-state index in [2.05, 4.69) is 0 Å². The van der Waals surface area contributed by atoms with Crippen molar-refractivity contribution < 1.29 is 17.9 Å². The standard InChI is InChI=1S/C7H12F3NO/c1-12-6-2-3-11(4-6)5-7(8,9)10/h6H,2-5H2,1H3. The van der Waals surface area contributed by atoms with Crippen LogP contribution in [0.4, 0.5) is 13.2 Å². The van der Waals surface area contributed by atoms with Gasteiger partial charge in [0.1, 0.15) is 0 Å². The molecule has 1 atom stereocenters. The predicted octanol–water partition coefficient (Wildman–Crippen LogP) is 1.27. The van der Waals surface area contributed by atoms with Gasteiger partial charge in [-0.15, -0.1) is 0 Å². The molecule has 1 heterocycles. The van der Waals surface area contributed by atoms with Gasteiger partial charge in [0.25, 0.3) is 0 Å². The molecule has 0 saturated carbocycles. The summed E-state index contributed by atoms with van der Waals surface area (Å²) in [5.74, 6) is 0. The highest BCUT2D eigenvalue weighted by Gasteiger charge is 2.34. The van der Waals surface area contributed by atoms with Crippen LogP contribution >= 0.6 is 0 Å². The highest BCUT2D eigenvalue weighted by Crippen LogP contribution is 2.20. The molecule has 0 amide bonds. The van der Waals surface area contributed by atoms with Gasteiger partial charge >= 0.3 is 6.18 Å². The fourth-order valence-corrected chi connectivity index (χ4v) is 1.39. The molecule has 0 aromatic carbocycles. The van der Waals surface area contributed by atoms with Gasteiger partial charge in [0.05, 0.1) is 12.6 Å². The van der Waals surface area contributed by atoms with Crippen LogP contribution in [0.15, 0.2) is 0 Å². The minimum atomic E-state index is -4.08. The van der Waals surface area contributed by atoms with Gasteiger partial charge in [-0.3, -0.25) is 4.90 Å². The molecule has 1 saturated heterocycles. The summed E-state index contributed by atoms with van der Waals surface area (Å²) >= 11 is 0. The summed E-state index contributed by atoms with van der Waals surface area (Å²) in [7, 11) is 1.53. The number of likely N-dealkylation sites (tertiary alicyclic amines) is 1. The number of hydrogen-bond donors (Lipinski definition) is 0. The molecule has 0 aliphatic carbocycles. The average molecular weight is 183 g/mol. The van der Waals surface area contributed by atoms with Gasteiger partial charge in [-0.2, -0.15) is 13.2 Å². The fraction of sp³-hybridized carbons (Fsp3) is 1.00. The van der Waals surface area contributed by atoms with E-state index in [9.17, 15) is 13.2 Å². The minimum absolute atomic E-state index is 0.0210. The van der Waals surface area contributed by atoms with Crippen molar-refractivity contribution in [3.63, 3.8) is 0 Å². The zero-order valence-electron chi connectivity index (χ0n) is 6.90. The lowest BCUT2D eigenvalue weighted by Gasteiger charge is -2.17. The molecule has 1 rings (SSSR count). The third-order valence-corrected chi connectivity index (χ3v) is 1.97. The van der Waals surface area contributed by atoms with Crippen molar-refractivity contribution in [2.45, 2.75) is 18.7 Å². The lowest BCUT2D eigenvalue weighted by molar-refractivity contribution is -0.144. The lowest BCUT2D eigenvalue weighted by Crippen LogP contribution is -2.33. The maximum absolute atomic E-state index is 11.9. The molecule has 1 unspecified atom stereocenters. The lowest BCUT2D eigenvalue weighted by atomic mass is 10.3. The van der Waals surface area contributed by atoms with E-state index in [1.165, 1.54) is 12.0 Å². The molecular weight excluding hydrogens is 171 g/mol. The zero-order chi connectivity index (χ0) is 9.19. The van der Waals surface area contributed by atoms with Crippen LogP contribution in [0.25, 0.3) is 0 Å². The Hall–Kier alpha value is -0.290. The Labute approximate surface area is 69.3 Å². The summed E-state index contributed by atoms with van der Waals surface area (Å²) in [6, 6.07) is 0. The van der Waals surface area contributed by atoms with Gasteiger partial charge in [0, 0.05) is 20.2 Å². The molecule has 0 radical (unpaired) electrons. The van der Waals surface area contributed by atoms with Crippen LogP contribution in [0.2, 0.25) is 0 Å². The summed E-state index contributed by atoms with van der Waals surface area (Å²) in [5, 5.41) is 0. The zero-order valence-corrected chi connectivity index (χ0v) is 6.90. The van der Waals surface area contributed by atoms with E-state index in [1.54, 1.807) is 0 Å². The first kappa shape index (κ1) is 9.80. The van der Waals surface area contributed by atoms with Crippen molar-refractivity contribution in [1.29, 1.82) is 0 Å². The van der Waals surface area contributed by atoms with Crippen LogP contribution in [0.5, 0.6) is 0 Å². The van der Waals surface area contributed by atoms with Gasteiger partial charge in [0.15, 0.2) is 0 Å².